The number of esters is 1. The molecule has 7 nitrogen and oxygen atoms in total. The Morgan fingerprint density at radius 2 is 2.00 bits per heavy atom. The number of carbonyl (C=O) groups is 3. The van der Waals surface area contributed by atoms with E-state index in [4.69, 9.17) is 21.1 Å². The molecule has 30 heavy (non-hydrogen) atoms. The molecule has 0 fully saturated rings. The fourth-order valence-corrected chi connectivity index (χ4v) is 3.63. The van der Waals surface area contributed by atoms with Gasteiger partial charge < -0.3 is 20.1 Å². The van der Waals surface area contributed by atoms with Crippen LogP contribution in [0.3, 0.4) is 0 Å². The molecule has 2 aromatic carbocycles. The Bertz CT molecular complexity index is 991. The third kappa shape index (κ3) is 4.91. The van der Waals surface area contributed by atoms with Gasteiger partial charge in [-0.05, 0) is 42.3 Å². The van der Waals surface area contributed by atoms with Crippen LogP contribution < -0.4 is 15.4 Å². The third-order valence-corrected chi connectivity index (χ3v) is 5.07. The first-order valence-electron chi connectivity index (χ1n) is 9.51. The maximum Gasteiger partial charge on any atom is 0.337 e. The van der Waals surface area contributed by atoms with Crippen molar-refractivity contribution >= 4 is 29.4 Å². The number of halogens is 1. The van der Waals surface area contributed by atoms with Crippen LogP contribution in [0.5, 0.6) is 5.75 Å². The Labute approximate surface area is 179 Å². The zero-order valence-electron chi connectivity index (χ0n) is 17.0. The Balaban J connectivity index is 1.71. The van der Waals surface area contributed by atoms with E-state index in [0.29, 0.717) is 29.3 Å². The van der Waals surface area contributed by atoms with E-state index in [1.54, 1.807) is 31.2 Å². The van der Waals surface area contributed by atoms with E-state index in [0.717, 1.165) is 16.7 Å². The van der Waals surface area contributed by atoms with Crippen molar-refractivity contribution in [3.05, 3.63) is 52.5 Å². The Kier molecular flexibility index (Phi) is 6.62. The number of hydrogen-bond acceptors (Lipinski definition) is 5. The Hall–Kier alpha value is -3.06. The molecule has 0 saturated carbocycles. The van der Waals surface area contributed by atoms with Crippen LogP contribution in [0.4, 0.5) is 0 Å². The van der Waals surface area contributed by atoms with Crippen LogP contribution in [0.25, 0.3) is 11.1 Å². The molecular weight excluding hydrogens is 408 g/mol. The second kappa shape index (κ2) is 9.17. The van der Waals surface area contributed by atoms with E-state index in [1.165, 1.54) is 14.0 Å². The minimum Gasteiger partial charge on any atom is -0.486 e. The quantitative estimate of drug-likeness (QED) is 0.687. The molecule has 0 unspecified atom stereocenters. The molecule has 0 spiro atoms. The molecule has 2 atom stereocenters. The SMILES string of the molecule is COC(=O)c1cccc(-c2cc(Cl)c3c(c2)C[C@@H](CNC(=O)[C@H](C)NC(C)=O)O3)c1. The van der Waals surface area contributed by atoms with Gasteiger partial charge in [-0.2, -0.15) is 0 Å². The van der Waals surface area contributed by atoms with Crippen LogP contribution in [-0.2, 0) is 20.7 Å². The molecule has 3 rings (SSSR count). The number of amides is 2. The van der Waals surface area contributed by atoms with Gasteiger partial charge in [0, 0.05) is 18.9 Å². The monoisotopic (exact) mass is 430 g/mol. The van der Waals surface area contributed by atoms with Crippen molar-refractivity contribution in [2.75, 3.05) is 13.7 Å². The molecule has 8 heteroatoms. The van der Waals surface area contributed by atoms with Crippen LogP contribution in [-0.4, -0.2) is 43.6 Å². The van der Waals surface area contributed by atoms with Crippen LogP contribution in [0.15, 0.2) is 36.4 Å². The van der Waals surface area contributed by atoms with Gasteiger partial charge in [-0.1, -0.05) is 23.7 Å². The van der Waals surface area contributed by atoms with Gasteiger partial charge in [0.15, 0.2) is 0 Å². The number of rotatable bonds is 6. The number of benzene rings is 2. The molecule has 1 aliphatic rings. The molecule has 2 N–H and O–H groups in total. The topological polar surface area (TPSA) is 93.7 Å². The van der Waals surface area contributed by atoms with Crippen molar-refractivity contribution in [3.8, 4) is 16.9 Å². The average molecular weight is 431 g/mol. The number of ether oxygens (including phenoxy) is 2. The average Bonchev–Trinajstić information content (AvgIpc) is 3.14. The second-order valence-corrected chi connectivity index (χ2v) is 7.54. The number of methoxy groups -OCH3 is 1. The predicted molar refractivity (Wildman–Crippen MR) is 113 cm³/mol. The van der Waals surface area contributed by atoms with Crippen LogP contribution in [0, 0.1) is 0 Å². The molecule has 158 valence electrons. The first kappa shape index (κ1) is 21.6. The molecule has 1 heterocycles. The molecule has 2 aromatic rings. The normalized spacial score (nSPS) is 15.5. The van der Waals surface area contributed by atoms with Gasteiger partial charge in [0.2, 0.25) is 11.8 Å². The van der Waals surface area contributed by atoms with E-state index in [1.807, 2.05) is 12.1 Å². The summed E-state index contributed by atoms with van der Waals surface area (Å²) in [5.74, 6) is -0.357. The Morgan fingerprint density at radius 3 is 2.70 bits per heavy atom. The summed E-state index contributed by atoms with van der Waals surface area (Å²) in [6.07, 6.45) is 0.316. The van der Waals surface area contributed by atoms with Crippen molar-refractivity contribution < 1.29 is 23.9 Å². The Morgan fingerprint density at radius 1 is 1.23 bits per heavy atom. The summed E-state index contributed by atoms with van der Waals surface area (Å²) in [6.45, 7) is 3.27. The van der Waals surface area contributed by atoms with Crippen molar-refractivity contribution in [2.24, 2.45) is 0 Å². The van der Waals surface area contributed by atoms with Crippen LogP contribution >= 0.6 is 11.6 Å². The molecule has 1 aliphatic heterocycles. The third-order valence-electron chi connectivity index (χ3n) is 4.79. The summed E-state index contributed by atoms with van der Waals surface area (Å²) in [4.78, 5) is 35.0. The number of nitrogens with one attached hydrogen (secondary N) is 2. The second-order valence-electron chi connectivity index (χ2n) is 7.13. The van der Waals surface area contributed by atoms with Crippen LogP contribution in [0.1, 0.15) is 29.8 Å². The predicted octanol–water partition coefficient (Wildman–Crippen LogP) is 2.74. The number of fused-ring (bicyclic) bond motifs is 1. The zero-order chi connectivity index (χ0) is 21.8. The number of hydrogen-bond donors (Lipinski definition) is 2. The van der Waals surface area contributed by atoms with Crippen LogP contribution in [0.2, 0.25) is 5.02 Å². The standard InChI is InChI=1S/C22H23ClN2O5/c1-12(25-13(2)26)21(27)24-11-18-9-17-8-16(10-19(23)20(17)30-18)14-5-4-6-15(7-14)22(28)29-3/h4-8,10,12,18H,9,11H2,1-3H3,(H,24,27)(H,25,26)/t12-,18-/m0/s1. The summed E-state index contributed by atoms with van der Waals surface area (Å²) in [6, 6.07) is 10.3. The lowest BCUT2D eigenvalue weighted by atomic mass is 9.99. The van der Waals surface area contributed by atoms with Gasteiger partial charge in [-0.25, -0.2) is 4.79 Å². The van der Waals surface area contributed by atoms with Gasteiger partial charge in [-0.3, -0.25) is 9.59 Å². The minimum atomic E-state index is -0.622. The molecule has 0 saturated heterocycles. The van der Waals surface area contributed by atoms with Crippen molar-refractivity contribution in [1.29, 1.82) is 0 Å². The van der Waals surface area contributed by atoms with E-state index in [-0.39, 0.29) is 17.9 Å². The van der Waals surface area contributed by atoms with E-state index < -0.39 is 12.0 Å². The summed E-state index contributed by atoms with van der Waals surface area (Å²) in [5, 5.41) is 5.79. The fourth-order valence-electron chi connectivity index (χ4n) is 3.35. The van der Waals surface area contributed by atoms with Crippen molar-refractivity contribution in [3.63, 3.8) is 0 Å². The van der Waals surface area contributed by atoms with Gasteiger partial charge in [0.05, 0.1) is 24.2 Å². The van der Waals surface area contributed by atoms with Gasteiger partial charge in [0.1, 0.15) is 17.9 Å². The first-order valence-corrected chi connectivity index (χ1v) is 9.89. The lowest BCUT2D eigenvalue weighted by Gasteiger charge is -2.16. The summed E-state index contributed by atoms with van der Waals surface area (Å²) in [5.41, 5.74) is 3.08. The highest BCUT2D eigenvalue weighted by Gasteiger charge is 2.27. The first-order chi connectivity index (χ1) is 14.3. The lowest BCUT2D eigenvalue weighted by Crippen LogP contribution is -2.46. The maximum atomic E-state index is 12.1. The van der Waals surface area contributed by atoms with E-state index in [2.05, 4.69) is 10.6 Å². The summed E-state index contributed by atoms with van der Waals surface area (Å²) < 4.78 is 10.7. The highest BCUT2D eigenvalue weighted by Crippen LogP contribution is 2.39. The zero-order valence-corrected chi connectivity index (χ0v) is 17.7. The summed E-state index contributed by atoms with van der Waals surface area (Å²) in [7, 11) is 1.34. The smallest absolute Gasteiger partial charge is 0.337 e. The molecule has 0 aliphatic carbocycles. The summed E-state index contributed by atoms with van der Waals surface area (Å²) >= 11 is 6.44. The molecule has 0 aromatic heterocycles. The lowest BCUT2D eigenvalue weighted by molar-refractivity contribution is -0.127. The molecule has 2 amide bonds. The largest absolute Gasteiger partial charge is 0.486 e. The van der Waals surface area contributed by atoms with Gasteiger partial charge in [-0.15, -0.1) is 0 Å². The molecule has 0 radical (unpaired) electrons. The fraction of sp³-hybridized carbons (Fsp3) is 0.318. The van der Waals surface area contributed by atoms with Crippen molar-refractivity contribution in [1.82, 2.24) is 10.6 Å². The minimum absolute atomic E-state index is 0.261. The van der Waals surface area contributed by atoms with Crippen molar-refractivity contribution in [2.45, 2.75) is 32.4 Å². The highest BCUT2D eigenvalue weighted by atomic mass is 35.5. The molecule has 0 bridgehead atoms. The maximum absolute atomic E-state index is 12.1. The molecular formula is C22H23ClN2O5. The van der Waals surface area contributed by atoms with E-state index >= 15 is 0 Å². The van der Waals surface area contributed by atoms with E-state index in [9.17, 15) is 14.4 Å². The van der Waals surface area contributed by atoms with Gasteiger partial charge in [0.25, 0.3) is 0 Å². The highest BCUT2D eigenvalue weighted by molar-refractivity contribution is 6.32. The number of carbonyl (C=O) groups excluding carboxylic acids is 3. The van der Waals surface area contributed by atoms with Gasteiger partial charge >= 0.3 is 5.97 Å².